The van der Waals surface area contributed by atoms with Crippen LogP contribution in [0.5, 0.6) is 5.75 Å². The first-order valence-electron chi connectivity index (χ1n) is 15.9. The van der Waals surface area contributed by atoms with E-state index in [4.69, 9.17) is 0 Å². The Hall–Kier alpha value is -5.36. The molecule has 0 radical (unpaired) electrons. The van der Waals surface area contributed by atoms with Gasteiger partial charge >= 0.3 is 12.1 Å². The molecule has 2 aromatic carbocycles. The number of halogens is 4. The van der Waals surface area contributed by atoms with Gasteiger partial charge in [-0.15, -0.1) is 23.5 Å². The fourth-order valence-electron chi connectivity index (χ4n) is 5.89. The van der Waals surface area contributed by atoms with Crippen molar-refractivity contribution in [2.24, 2.45) is 0 Å². The molecule has 0 aliphatic carbocycles. The van der Waals surface area contributed by atoms with Gasteiger partial charge in [-0.05, 0) is 60.0 Å². The number of benzene rings is 2. The van der Waals surface area contributed by atoms with Crippen LogP contribution in [0, 0.1) is 5.82 Å². The second-order valence-electron chi connectivity index (χ2n) is 12.2. The number of allylic oxidation sites excluding steroid dienone is 1. The molecule has 4 N–H and O–H groups in total. The van der Waals surface area contributed by atoms with Crippen molar-refractivity contribution in [3.8, 4) is 5.75 Å². The summed E-state index contributed by atoms with van der Waals surface area (Å²) in [6.07, 6.45) is 0.676. The number of anilines is 1. The number of carbonyl (C=O) groups is 5. The van der Waals surface area contributed by atoms with E-state index in [0.29, 0.717) is 23.4 Å². The molecule has 0 saturated carbocycles. The number of hydrogen-bond acceptors (Lipinski definition) is 8. The predicted octanol–water partition coefficient (Wildman–Crippen LogP) is 3.67. The summed E-state index contributed by atoms with van der Waals surface area (Å²) in [6, 6.07) is 10.3. The first-order chi connectivity index (χ1) is 25.2. The van der Waals surface area contributed by atoms with Crippen LogP contribution in [0.4, 0.5) is 23.2 Å². The Labute approximate surface area is 307 Å². The maximum absolute atomic E-state index is 13.6. The lowest BCUT2D eigenvalue weighted by Crippen LogP contribution is -2.70. The number of likely N-dealkylation sites (tertiary alicyclic amines) is 1. The van der Waals surface area contributed by atoms with E-state index in [0.717, 1.165) is 46.5 Å². The third-order valence-corrected chi connectivity index (χ3v) is 10.8. The van der Waals surface area contributed by atoms with Gasteiger partial charge in [0.05, 0.1) is 11.3 Å². The molecule has 53 heavy (non-hydrogen) atoms. The number of fused-ring (bicyclic) bond motifs is 1. The molecule has 2 fully saturated rings. The number of aromatic hydroxyl groups is 1. The quantitative estimate of drug-likeness (QED) is 0.0570. The molecule has 18 heteroatoms. The van der Waals surface area contributed by atoms with E-state index in [2.05, 4.69) is 10.6 Å². The second kappa shape index (κ2) is 15.3. The Morgan fingerprint density at radius 3 is 2.42 bits per heavy atom. The highest BCUT2D eigenvalue weighted by atomic mass is 32.2. The maximum atomic E-state index is 13.6. The van der Waals surface area contributed by atoms with Crippen LogP contribution in [0.3, 0.4) is 0 Å². The van der Waals surface area contributed by atoms with E-state index in [1.54, 1.807) is 34.0 Å². The molecule has 2 saturated heterocycles. The average molecular weight is 773 g/mol. The lowest BCUT2D eigenvalue weighted by Gasteiger charge is -2.49. The molecule has 0 unspecified atom stereocenters. The number of phenols is 1. The van der Waals surface area contributed by atoms with Gasteiger partial charge in [0.15, 0.2) is 24.0 Å². The summed E-state index contributed by atoms with van der Waals surface area (Å²) < 4.78 is 53.6. The number of nitrogens with zero attached hydrogens (tertiary/aromatic N) is 3. The van der Waals surface area contributed by atoms with E-state index >= 15 is 0 Å². The zero-order valence-corrected chi connectivity index (χ0v) is 29.1. The van der Waals surface area contributed by atoms with E-state index < -0.39 is 58.4 Å². The monoisotopic (exact) mass is 772 g/mol. The number of thioether (sulfide) groups is 2. The third-order valence-electron chi connectivity index (χ3n) is 8.52. The summed E-state index contributed by atoms with van der Waals surface area (Å²) in [7, 11) is 0. The molecular weight excluding hydrogens is 743 g/mol. The van der Waals surface area contributed by atoms with Crippen LogP contribution < -0.4 is 15.2 Å². The highest BCUT2D eigenvalue weighted by Crippen LogP contribution is 2.41. The van der Waals surface area contributed by atoms with Gasteiger partial charge in [0.1, 0.15) is 17.1 Å². The molecule has 1 aromatic heterocycles. The van der Waals surface area contributed by atoms with E-state index in [-0.39, 0.29) is 47.5 Å². The molecule has 3 aromatic rings. The second-order valence-corrected chi connectivity index (χ2v) is 14.3. The van der Waals surface area contributed by atoms with Crippen LogP contribution in [-0.4, -0.2) is 79.1 Å². The molecule has 0 spiro atoms. The Bertz CT molecular complexity index is 2040. The van der Waals surface area contributed by atoms with Crippen LogP contribution >= 0.6 is 23.5 Å². The minimum Gasteiger partial charge on any atom is -0.505 e. The van der Waals surface area contributed by atoms with Crippen molar-refractivity contribution in [1.29, 1.82) is 0 Å². The van der Waals surface area contributed by atoms with Crippen molar-refractivity contribution in [2.45, 2.75) is 42.0 Å². The minimum absolute atomic E-state index is 0.0736. The fourth-order valence-corrected chi connectivity index (χ4v) is 7.91. The van der Waals surface area contributed by atoms with Crippen LogP contribution in [0.15, 0.2) is 94.8 Å². The number of amides is 4. The van der Waals surface area contributed by atoms with Gasteiger partial charge in [0.25, 0.3) is 11.8 Å². The van der Waals surface area contributed by atoms with Crippen LogP contribution in [-0.2, 0) is 43.2 Å². The number of phenolic OH excluding ortho intramolecular Hbond substituents is 1. The number of aromatic nitrogens is 1. The Morgan fingerprint density at radius 2 is 1.75 bits per heavy atom. The fraction of sp³-hybridized carbons (Fsp3) is 0.257. The van der Waals surface area contributed by atoms with Gasteiger partial charge in [-0.2, -0.15) is 17.7 Å². The Morgan fingerprint density at radius 1 is 1.04 bits per heavy atom. The predicted molar refractivity (Wildman–Crippen MR) is 183 cm³/mol. The van der Waals surface area contributed by atoms with Crippen molar-refractivity contribution >= 4 is 58.8 Å². The lowest BCUT2D eigenvalue weighted by molar-refractivity contribution is -0.684. The van der Waals surface area contributed by atoms with Gasteiger partial charge in [-0.1, -0.05) is 0 Å². The van der Waals surface area contributed by atoms with Crippen molar-refractivity contribution < 1.29 is 56.3 Å². The van der Waals surface area contributed by atoms with E-state index in [1.807, 2.05) is 0 Å². The number of alkyl halides is 3. The van der Waals surface area contributed by atoms with Crippen molar-refractivity contribution in [1.82, 2.24) is 15.1 Å². The summed E-state index contributed by atoms with van der Waals surface area (Å²) in [5.74, 6) is -4.65. The number of carboxylic acid groups (broad SMARTS) is 1. The molecule has 3 aliphatic heterocycles. The van der Waals surface area contributed by atoms with Crippen molar-refractivity contribution in [3.05, 3.63) is 107 Å². The standard InChI is InChI=1S/C35H29F4N5O7S2/c36-25-14-23(3-6-26(25)45)40-27(46)16-42-10-7-19(8-11-42)15-43-12-9-20(31(43)48)13-21-17-53-33-29(32(49)44(33)30(21)34(50)51)41-28(47)18-52-24-4-1-22(2-5-24)35(37,38)39/h1-8,10-11,13-14,29,33H,9,12,15-18H2,(H3-,40,41,45,46,47,50,51)/p+1/b20-13+/t29-,33-/m1/s1. The molecule has 0 bridgehead atoms. The molecule has 6 rings (SSSR count). The number of nitrogens with one attached hydrogen (secondary N) is 2. The topological polar surface area (TPSA) is 160 Å². The largest absolute Gasteiger partial charge is 0.505 e. The first kappa shape index (κ1) is 37.4. The summed E-state index contributed by atoms with van der Waals surface area (Å²) in [5.41, 5.74) is 0.545. The Kier molecular flexibility index (Phi) is 10.8. The average Bonchev–Trinajstić information content (AvgIpc) is 3.45. The highest BCUT2D eigenvalue weighted by molar-refractivity contribution is 8.00. The van der Waals surface area contributed by atoms with E-state index in [9.17, 15) is 51.7 Å². The Balaban J connectivity index is 1.03. The van der Waals surface area contributed by atoms with Gasteiger partial charge in [0.2, 0.25) is 18.4 Å². The molecule has 276 valence electrons. The van der Waals surface area contributed by atoms with E-state index in [1.165, 1.54) is 36.0 Å². The van der Waals surface area contributed by atoms with Gasteiger partial charge < -0.3 is 25.7 Å². The summed E-state index contributed by atoms with van der Waals surface area (Å²) in [6.45, 7) is 0.550. The number of β-lactam (4-membered cyclic amide) rings is 1. The third kappa shape index (κ3) is 8.49. The normalized spacial score (nSPS) is 19.3. The summed E-state index contributed by atoms with van der Waals surface area (Å²) in [4.78, 5) is 66.9. The summed E-state index contributed by atoms with van der Waals surface area (Å²) >= 11 is 2.23. The number of aliphatic carboxylic acids is 1. The highest BCUT2D eigenvalue weighted by Gasteiger charge is 2.54. The maximum Gasteiger partial charge on any atom is 0.416 e. The zero-order chi connectivity index (χ0) is 38.0. The number of rotatable bonds is 11. The van der Waals surface area contributed by atoms with Gasteiger partial charge in [0, 0.05) is 53.2 Å². The number of carboxylic acids is 1. The molecule has 4 amide bonds. The van der Waals surface area contributed by atoms with Gasteiger partial charge in [-0.3, -0.25) is 24.1 Å². The molecule has 12 nitrogen and oxygen atoms in total. The minimum atomic E-state index is -4.48. The smallest absolute Gasteiger partial charge is 0.416 e. The van der Waals surface area contributed by atoms with Crippen LogP contribution in [0.25, 0.3) is 0 Å². The SMILES string of the molecule is O=C(C[n+]1ccc(CN2CC/C(=C\C3=C(C(=O)O)N4C(=O)[C@@H](NC(=O)CSc5ccc(C(F)(F)F)cc5)[C@H]4SC3)C2=O)cc1)Nc1ccc(O)c(F)c1. The van der Waals surface area contributed by atoms with Crippen LogP contribution in [0.1, 0.15) is 17.5 Å². The molecule has 4 heterocycles. The van der Waals surface area contributed by atoms with Crippen molar-refractivity contribution in [3.63, 3.8) is 0 Å². The zero-order valence-electron chi connectivity index (χ0n) is 27.4. The van der Waals surface area contributed by atoms with Crippen molar-refractivity contribution in [2.75, 3.05) is 23.4 Å². The van der Waals surface area contributed by atoms with Gasteiger partial charge in [-0.25, -0.2) is 9.18 Å². The molecule has 2 atom stereocenters. The number of pyridine rings is 1. The first-order valence-corrected chi connectivity index (χ1v) is 18.0. The number of hydrogen-bond donors (Lipinski definition) is 4. The molecular formula is C35H30F4N5O7S2+. The van der Waals surface area contributed by atoms with Crippen LogP contribution in [0.2, 0.25) is 0 Å². The number of carbonyl (C=O) groups excluding carboxylic acids is 4. The lowest BCUT2D eigenvalue weighted by atomic mass is 10.0. The molecule has 3 aliphatic rings. The summed E-state index contributed by atoms with van der Waals surface area (Å²) in [5, 5.41) is 23.8.